The molecular weight excluding hydrogens is 331 g/mol. The molecule has 1 heterocycles. The van der Waals surface area contributed by atoms with Crippen molar-refractivity contribution in [3.63, 3.8) is 0 Å². The highest BCUT2D eigenvalue weighted by molar-refractivity contribution is 6.42. The van der Waals surface area contributed by atoms with E-state index in [1.807, 2.05) is 0 Å². The van der Waals surface area contributed by atoms with Gasteiger partial charge in [0.2, 0.25) is 0 Å². The van der Waals surface area contributed by atoms with Gasteiger partial charge in [-0.05, 0) is 37.8 Å². The zero-order valence-electron chi connectivity index (χ0n) is 11.9. The summed E-state index contributed by atoms with van der Waals surface area (Å²) in [5, 5.41) is 3.99. The molecule has 3 nitrogen and oxygen atoms in total. The molecule has 0 aromatic heterocycles. The molecule has 2 N–H and O–H groups in total. The van der Waals surface area contributed by atoms with Crippen molar-refractivity contribution in [1.29, 1.82) is 0 Å². The first-order valence-electron chi connectivity index (χ1n) is 7.34. The van der Waals surface area contributed by atoms with Gasteiger partial charge >= 0.3 is 0 Å². The molecule has 2 rings (SSSR count). The molecule has 0 spiro atoms. The number of carbonyl (C=O) groups is 1. The lowest BCUT2D eigenvalue weighted by Gasteiger charge is -2.21. The maximum atomic E-state index is 12.2. The molecule has 6 heteroatoms. The molecule has 1 aromatic carbocycles. The van der Waals surface area contributed by atoms with Gasteiger partial charge in [-0.15, -0.1) is 0 Å². The maximum Gasteiger partial charge on any atom is 0.279 e. The van der Waals surface area contributed by atoms with Gasteiger partial charge in [-0.3, -0.25) is 4.79 Å². The highest BCUT2D eigenvalue weighted by Gasteiger charge is 2.17. The van der Waals surface area contributed by atoms with E-state index in [2.05, 4.69) is 5.32 Å². The minimum Gasteiger partial charge on any atom is -0.327 e. The second kappa shape index (κ2) is 8.23. The molecular formula is C15H20Cl3N2O+. The monoisotopic (exact) mass is 349 g/mol. The van der Waals surface area contributed by atoms with Gasteiger partial charge in [-0.25, -0.2) is 0 Å². The Bertz CT molecular complexity index is 477. The zero-order valence-corrected chi connectivity index (χ0v) is 14.1. The predicted molar refractivity (Wildman–Crippen MR) is 88.8 cm³/mol. The number of anilines is 1. The third-order valence-corrected chi connectivity index (χ3v) is 4.56. The number of quaternary nitrogens is 1. The maximum absolute atomic E-state index is 12.2. The first-order chi connectivity index (χ1) is 10.1. The number of likely N-dealkylation sites (tertiary alicyclic amines) is 1. The first-order valence-corrected chi connectivity index (χ1v) is 8.47. The summed E-state index contributed by atoms with van der Waals surface area (Å²) in [6.45, 7) is 2.56. The van der Waals surface area contributed by atoms with Gasteiger partial charge in [0.05, 0.1) is 28.8 Å². The predicted octanol–water partition coefficient (Wildman–Crippen LogP) is 3.43. The minimum absolute atomic E-state index is 0.0586. The van der Waals surface area contributed by atoms with Crippen molar-refractivity contribution in [3.05, 3.63) is 27.2 Å². The summed E-state index contributed by atoms with van der Waals surface area (Å²) in [7, 11) is 0. The molecule has 0 aliphatic carbocycles. The van der Waals surface area contributed by atoms with Crippen LogP contribution in [0, 0.1) is 0 Å². The summed E-state index contributed by atoms with van der Waals surface area (Å²) in [6, 6.07) is 3.15. The van der Waals surface area contributed by atoms with Gasteiger partial charge in [0.25, 0.3) is 5.91 Å². The lowest BCUT2D eigenvalue weighted by Crippen LogP contribution is -3.13. The van der Waals surface area contributed by atoms with E-state index in [-0.39, 0.29) is 5.91 Å². The lowest BCUT2D eigenvalue weighted by atomic mass is 10.1. The SMILES string of the molecule is O=C(C[NH+]1CCCCCCC1)Nc1c(Cl)cc(Cl)cc1Cl. The molecule has 1 aliphatic rings. The van der Waals surface area contributed by atoms with Crippen molar-refractivity contribution in [2.75, 3.05) is 25.0 Å². The third kappa shape index (κ3) is 5.33. The van der Waals surface area contributed by atoms with Crippen LogP contribution in [0.4, 0.5) is 5.69 Å². The Hall–Kier alpha value is -0.480. The molecule has 1 aromatic rings. The van der Waals surface area contributed by atoms with E-state index in [1.54, 1.807) is 12.1 Å². The molecule has 0 bridgehead atoms. The normalized spacial score (nSPS) is 17.1. The van der Waals surface area contributed by atoms with Crippen molar-refractivity contribution in [3.8, 4) is 0 Å². The van der Waals surface area contributed by atoms with Crippen molar-refractivity contribution in [2.24, 2.45) is 0 Å². The quantitative estimate of drug-likeness (QED) is 0.860. The van der Waals surface area contributed by atoms with Crippen molar-refractivity contribution >= 4 is 46.4 Å². The van der Waals surface area contributed by atoms with E-state index in [0.29, 0.717) is 27.3 Å². The van der Waals surface area contributed by atoms with Crippen LogP contribution in [0.2, 0.25) is 15.1 Å². The summed E-state index contributed by atoms with van der Waals surface area (Å²) in [6.07, 6.45) is 6.21. The van der Waals surface area contributed by atoms with Crippen LogP contribution in [-0.2, 0) is 4.79 Å². The molecule has 0 saturated carbocycles. The van der Waals surface area contributed by atoms with Gasteiger partial charge < -0.3 is 10.2 Å². The fourth-order valence-electron chi connectivity index (χ4n) is 2.65. The van der Waals surface area contributed by atoms with Crippen LogP contribution in [0.1, 0.15) is 32.1 Å². The number of nitrogens with one attached hydrogen (secondary N) is 2. The van der Waals surface area contributed by atoms with Crippen molar-refractivity contribution < 1.29 is 9.69 Å². The Morgan fingerprint density at radius 2 is 1.52 bits per heavy atom. The number of hydrogen-bond donors (Lipinski definition) is 2. The molecule has 1 aliphatic heterocycles. The molecule has 21 heavy (non-hydrogen) atoms. The molecule has 0 radical (unpaired) electrons. The first kappa shape index (κ1) is 16.9. The second-order valence-corrected chi connectivity index (χ2v) is 6.74. The Kier molecular flexibility index (Phi) is 6.62. The zero-order chi connectivity index (χ0) is 15.2. The van der Waals surface area contributed by atoms with Crippen molar-refractivity contribution in [1.82, 2.24) is 0 Å². The largest absolute Gasteiger partial charge is 0.327 e. The molecule has 1 saturated heterocycles. The Morgan fingerprint density at radius 3 is 2.10 bits per heavy atom. The Morgan fingerprint density at radius 1 is 1.00 bits per heavy atom. The summed E-state index contributed by atoms with van der Waals surface area (Å²) in [5.74, 6) is -0.0586. The average Bonchev–Trinajstić information content (AvgIpc) is 2.37. The van der Waals surface area contributed by atoms with Crippen LogP contribution in [0.25, 0.3) is 0 Å². The minimum atomic E-state index is -0.0586. The number of rotatable bonds is 3. The standard InChI is InChI=1S/C15H19Cl3N2O/c16-11-8-12(17)15(13(18)9-11)19-14(21)10-20-6-4-2-1-3-5-7-20/h8-9H,1-7,10H2,(H,19,21)/p+1. The average molecular weight is 351 g/mol. The molecule has 0 atom stereocenters. The number of amides is 1. The second-order valence-electron chi connectivity index (χ2n) is 5.49. The summed E-state index contributed by atoms with van der Waals surface area (Å²) < 4.78 is 0. The number of hydrogen-bond acceptors (Lipinski definition) is 1. The summed E-state index contributed by atoms with van der Waals surface area (Å²) >= 11 is 18.0. The molecule has 1 amide bonds. The van der Waals surface area contributed by atoms with Crippen LogP contribution >= 0.6 is 34.8 Å². The fraction of sp³-hybridized carbons (Fsp3) is 0.533. The Labute approximate surface area is 140 Å². The van der Waals surface area contributed by atoms with Crippen LogP contribution in [0.5, 0.6) is 0 Å². The number of benzene rings is 1. The van der Waals surface area contributed by atoms with Crippen LogP contribution < -0.4 is 10.2 Å². The van der Waals surface area contributed by atoms with Crippen molar-refractivity contribution in [2.45, 2.75) is 32.1 Å². The van der Waals surface area contributed by atoms with Gasteiger partial charge in [-0.1, -0.05) is 41.2 Å². The van der Waals surface area contributed by atoms with Gasteiger partial charge in [0.1, 0.15) is 0 Å². The molecule has 0 unspecified atom stereocenters. The van der Waals surface area contributed by atoms with Gasteiger partial charge in [0, 0.05) is 5.02 Å². The van der Waals surface area contributed by atoms with E-state index in [1.165, 1.54) is 37.0 Å². The van der Waals surface area contributed by atoms with Gasteiger partial charge in [-0.2, -0.15) is 0 Å². The summed E-state index contributed by atoms with van der Waals surface area (Å²) in [4.78, 5) is 13.5. The molecule has 1 fully saturated rings. The van der Waals surface area contributed by atoms with Crippen LogP contribution in [-0.4, -0.2) is 25.5 Å². The smallest absolute Gasteiger partial charge is 0.279 e. The highest BCUT2D eigenvalue weighted by atomic mass is 35.5. The van der Waals surface area contributed by atoms with E-state index in [4.69, 9.17) is 34.8 Å². The topological polar surface area (TPSA) is 33.5 Å². The fourth-order valence-corrected chi connectivity index (χ4v) is 3.57. The third-order valence-electron chi connectivity index (χ3n) is 3.74. The van der Waals surface area contributed by atoms with Crippen LogP contribution in [0.3, 0.4) is 0 Å². The number of halogens is 3. The highest BCUT2D eigenvalue weighted by Crippen LogP contribution is 2.33. The van der Waals surface area contributed by atoms with E-state index < -0.39 is 0 Å². The lowest BCUT2D eigenvalue weighted by molar-refractivity contribution is -0.892. The molecule has 116 valence electrons. The van der Waals surface area contributed by atoms with E-state index in [0.717, 1.165) is 13.1 Å². The van der Waals surface area contributed by atoms with Gasteiger partial charge in [0.15, 0.2) is 6.54 Å². The van der Waals surface area contributed by atoms with E-state index >= 15 is 0 Å². The number of carbonyl (C=O) groups excluding carboxylic acids is 1. The van der Waals surface area contributed by atoms with E-state index in [9.17, 15) is 4.79 Å². The Balaban J connectivity index is 1.95. The summed E-state index contributed by atoms with van der Waals surface area (Å²) in [5.41, 5.74) is 0.444. The van der Waals surface area contributed by atoms with Crippen LogP contribution in [0.15, 0.2) is 12.1 Å².